The van der Waals surface area contributed by atoms with Crippen molar-refractivity contribution < 1.29 is 18.8 Å². The fourth-order valence-electron chi connectivity index (χ4n) is 3.23. The summed E-state index contributed by atoms with van der Waals surface area (Å²) in [6.45, 7) is 0. The van der Waals surface area contributed by atoms with E-state index in [0.717, 1.165) is 25.7 Å². The van der Waals surface area contributed by atoms with E-state index < -0.39 is 11.8 Å². The molecular weight excluding hydrogens is 416 g/mol. The van der Waals surface area contributed by atoms with Crippen LogP contribution in [0.25, 0.3) is 6.08 Å². The van der Waals surface area contributed by atoms with Crippen LogP contribution in [-0.4, -0.2) is 22.8 Å². The van der Waals surface area contributed by atoms with E-state index in [-0.39, 0.29) is 16.9 Å². The summed E-state index contributed by atoms with van der Waals surface area (Å²) < 4.78 is 5.08. The third kappa shape index (κ3) is 7.07. The SMILES string of the molecule is O=C(C=Cc1ccco1)NC(=S)NNC(=O)c1ccc(NC(=O)C2CCCCC2)cc1. The van der Waals surface area contributed by atoms with E-state index in [0.29, 0.717) is 17.0 Å². The minimum Gasteiger partial charge on any atom is -0.465 e. The molecule has 1 aliphatic rings. The van der Waals surface area contributed by atoms with Crippen LogP contribution in [0.15, 0.2) is 53.2 Å². The molecule has 0 radical (unpaired) electrons. The first-order chi connectivity index (χ1) is 15.0. The molecule has 1 saturated carbocycles. The van der Waals surface area contributed by atoms with Crippen LogP contribution in [0.5, 0.6) is 0 Å². The Hall–Kier alpha value is -3.46. The number of rotatable bonds is 5. The van der Waals surface area contributed by atoms with Crippen LogP contribution in [0.2, 0.25) is 0 Å². The molecule has 3 amide bonds. The average Bonchev–Trinajstić information content (AvgIpc) is 3.31. The first-order valence-corrected chi connectivity index (χ1v) is 10.5. The molecule has 0 bridgehead atoms. The van der Waals surface area contributed by atoms with Crippen LogP contribution >= 0.6 is 12.2 Å². The maximum absolute atomic E-state index is 12.3. The average molecular weight is 441 g/mol. The van der Waals surface area contributed by atoms with Crippen LogP contribution < -0.4 is 21.5 Å². The van der Waals surface area contributed by atoms with Gasteiger partial charge in [-0.25, -0.2) is 0 Å². The summed E-state index contributed by atoms with van der Waals surface area (Å²) in [4.78, 5) is 36.3. The Kier molecular flexibility index (Phi) is 7.94. The molecule has 9 heteroatoms. The van der Waals surface area contributed by atoms with Crippen molar-refractivity contribution in [3.05, 3.63) is 60.1 Å². The molecule has 0 atom stereocenters. The van der Waals surface area contributed by atoms with E-state index in [9.17, 15) is 14.4 Å². The molecule has 1 aliphatic carbocycles. The van der Waals surface area contributed by atoms with Crippen LogP contribution in [0.4, 0.5) is 5.69 Å². The number of benzene rings is 1. The molecule has 0 unspecified atom stereocenters. The Morgan fingerprint density at radius 1 is 1.00 bits per heavy atom. The number of nitrogens with one attached hydrogen (secondary N) is 4. The predicted octanol–water partition coefficient (Wildman–Crippen LogP) is 3.15. The smallest absolute Gasteiger partial charge is 0.269 e. The quantitative estimate of drug-likeness (QED) is 0.323. The molecule has 0 spiro atoms. The number of hydrogen-bond donors (Lipinski definition) is 4. The minimum absolute atomic E-state index is 0.0285. The summed E-state index contributed by atoms with van der Waals surface area (Å²) in [6, 6.07) is 9.95. The molecule has 1 heterocycles. The van der Waals surface area contributed by atoms with Crippen LogP contribution in [0.1, 0.15) is 48.2 Å². The van der Waals surface area contributed by atoms with E-state index in [1.165, 1.54) is 24.8 Å². The van der Waals surface area contributed by atoms with Crippen molar-refractivity contribution >= 4 is 46.8 Å². The Morgan fingerprint density at radius 3 is 2.42 bits per heavy atom. The molecule has 1 fully saturated rings. The lowest BCUT2D eigenvalue weighted by Gasteiger charge is -2.20. The lowest BCUT2D eigenvalue weighted by molar-refractivity contribution is -0.120. The highest BCUT2D eigenvalue weighted by Crippen LogP contribution is 2.25. The number of amides is 3. The number of carbonyl (C=O) groups is 3. The number of carbonyl (C=O) groups excluding carboxylic acids is 3. The number of furan rings is 1. The fourth-order valence-corrected chi connectivity index (χ4v) is 3.38. The summed E-state index contributed by atoms with van der Waals surface area (Å²) in [7, 11) is 0. The van der Waals surface area contributed by atoms with Crippen LogP contribution in [-0.2, 0) is 9.59 Å². The zero-order chi connectivity index (χ0) is 22.1. The van der Waals surface area contributed by atoms with E-state index >= 15 is 0 Å². The molecule has 0 saturated heterocycles. The maximum atomic E-state index is 12.3. The Bertz CT molecular complexity index is 948. The first-order valence-electron chi connectivity index (χ1n) is 10.0. The Morgan fingerprint density at radius 2 is 1.74 bits per heavy atom. The minimum atomic E-state index is -0.471. The van der Waals surface area contributed by atoms with Gasteiger partial charge in [0.05, 0.1) is 6.26 Å². The lowest BCUT2D eigenvalue weighted by atomic mass is 9.88. The highest BCUT2D eigenvalue weighted by atomic mass is 32.1. The standard InChI is InChI=1S/C22H24N4O4S/c27-19(13-12-18-7-4-14-30-18)24-22(31)26-25-21(29)16-8-10-17(11-9-16)23-20(28)15-5-2-1-3-6-15/h4,7-15H,1-3,5-6H2,(H,23,28)(H,25,29)(H2,24,26,27,31). The summed E-state index contributed by atoms with van der Waals surface area (Å²) >= 11 is 4.98. The molecule has 8 nitrogen and oxygen atoms in total. The maximum Gasteiger partial charge on any atom is 0.269 e. The first kappa shape index (κ1) is 22.2. The van der Waals surface area contributed by atoms with E-state index in [4.69, 9.17) is 16.6 Å². The topological polar surface area (TPSA) is 112 Å². The van der Waals surface area contributed by atoms with Gasteiger partial charge in [0.15, 0.2) is 5.11 Å². The number of thiocarbonyl (C=S) groups is 1. The molecule has 2 aromatic rings. The molecule has 4 N–H and O–H groups in total. The molecule has 31 heavy (non-hydrogen) atoms. The van der Waals surface area contributed by atoms with Crippen molar-refractivity contribution in [1.29, 1.82) is 0 Å². The number of hydrogen-bond acceptors (Lipinski definition) is 5. The molecule has 0 aliphatic heterocycles. The van der Waals surface area contributed by atoms with Crippen molar-refractivity contribution in [1.82, 2.24) is 16.2 Å². The van der Waals surface area contributed by atoms with Gasteiger partial charge in [0.2, 0.25) is 11.8 Å². The van der Waals surface area contributed by atoms with Gasteiger partial charge in [0.1, 0.15) is 5.76 Å². The zero-order valence-electron chi connectivity index (χ0n) is 16.9. The summed E-state index contributed by atoms with van der Waals surface area (Å²) in [5, 5.41) is 5.25. The van der Waals surface area contributed by atoms with Crippen molar-refractivity contribution in [3.63, 3.8) is 0 Å². The Labute approximate surface area is 185 Å². The van der Waals surface area contributed by atoms with E-state index in [1.54, 1.807) is 36.4 Å². The summed E-state index contributed by atoms with van der Waals surface area (Å²) in [5.41, 5.74) is 5.89. The van der Waals surface area contributed by atoms with Gasteiger partial charge < -0.3 is 9.73 Å². The fraction of sp³-hybridized carbons (Fsp3) is 0.273. The molecule has 1 aromatic heterocycles. The number of hydrazine groups is 1. The van der Waals surface area contributed by atoms with Gasteiger partial charge in [-0.1, -0.05) is 19.3 Å². The zero-order valence-corrected chi connectivity index (χ0v) is 17.7. The second-order valence-electron chi connectivity index (χ2n) is 7.15. The second-order valence-corrected chi connectivity index (χ2v) is 7.56. The molecule has 3 rings (SSSR count). The molecule has 162 valence electrons. The van der Waals surface area contributed by atoms with Crippen LogP contribution in [0.3, 0.4) is 0 Å². The molecule has 1 aromatic carbocycles. The van der Waals surface area contributed by atoms with Gasteiger partial charge >= 0.3 is 0 Å². The third-order valence-electron chi connectivity index (χ3n) is 4.86. The van der Waals surface area contributed by atoms with Gasteiger partial charge in [0.25, 0.3) is 5.91 Å². The van der Waals surface area contributed by atoms with Crippen LogP contribution in [0, 0.1) is 5.92 Å². The normalized spacial score (nSPS) is 14.1. The lowest BCUT2D eigenvalue weighted by Crippen LogP contribution is -2.48. The van der Waals surface area contributed by atoms with Gasteiger partial charge in [-0.2, -0.15) is 0 Å². The highest BCUT2D eigenvalue weighted by molar-refractivity contribution is 7.80. The summed E-state index contributed by atoms with van der Waals surface area (Å²) in [5.74, 6) is -0.290. The Balaban J connectivity index is 1.42. The summed E-state index contributed by atoms with van der Waals surface area (Å²) in [6.07, 6.45) is 9.47. The van der Waals surface area contributed by atoms with Gasteiger partial charge in [-0.05, 0) is 67.5 Å². The molecular formula is C22H24N4O4S. The van der Waals surface area contributed by atoms with Crippen molar-refractivity contribution in [2.75, 3.05) is 5.32 Å². The van der Waals surface area contributed by atoms with Crippen molar-refractivity contribution in [3.8, 4) is 0 Å². The largest absolute Gasteiger partial charge is 0.465 e. The monoisotopic (exact) mass is 440 g/mol. The number of anilines is 1. The van der Waals surface area contributed by atoms with E-state index in [2.05, 4.69) is 21.5 Å². The van der Waals surface area contributed by atoms with Gasteiger partial charge in [-0.3, -0.25) is 30.6 Å². The van der Waals surface area contributed by atoms with Gasteiger partial charge in [0, 0.05) is 23.2 Å². The van der Waals surface area contributed by atoms with E-state index in [1.807, 2.05) is 0 Å². The van der Waals surface area contributed by atoms with Crippen molar-refractivity contribution in [2.45, 2.75) is 32.1 Å². The predicted molar refractivity (Wildman–Crippen MR) is 121 cm³/mol. The van der Waals surface area contributed by atoms with Gasteiger partial charge in [-0.15, -0.1) is 0 Å². The second kappa shape index (κ2) is 11.1. The highest BCUT2D eigenvalue weighted by Gasteiger charge is 2.21. The van der Waals surface area contributed by atoms with Crippen molar-refractivity contribution in [2.24, 2.45) is 5.92 Å². The third-order valence-corrected chi connectivity index (χ3v) is 5.06.